The van der Waals surface area contributed by atoms with E-state index in [1.807, 2.05) is 39.0 Å². The molecule has 2 heterocycles. The molecule has 33 heavy (non-hydrogen) atoms. The van der Waals surface area contributed by atoms with Crippen LogP contribution in [0.15, 0.2) is 24.3 Å². The van der Waals surface area contributed by atoms with Crippen molar-refractivity contribution in [3.63, 3.8) is 0 Å². The SMILES string of the molecule is CC(C)(C)OC(=O)N1CCC2(COCC(=O)N2)C1COC1CCC(c2ccccc2O)CC1. The molecule has 2 N–H and O–H groups in total. The zero-order valence-corrected chi connectivity index (χ0v) is 19.8. The molecule has 2 unspecified atom stereocenters. The maximum atomic E-state index is 12.9. The van der Waals surface area contributed by atoms with Crippen LogP contribution in [-0.2, 0) is 19.0 Å². The van der Waals surface area contributed by atoms with Crippen LogP contribution in [0.4, 0.5) is 4.79 Å². The number of ether oxygens (including phenoxy) is 3. The number of nitrogens with zero attached hydrogens (tertiary/aromatic N) is 1. The number of amides is 2. The number of phenols is 1. The van der Waals surface area contributed by atoms with Gasteiger partial charge in [0.2, 0.25) is 5.91 Å². The highest BCUT2D eigenvalue weighted by atomic mass is 16.6. The molecule has 0 bridgehead atoms. The van der Waals surface area contributed by atoms with Gasteiger partial charge in [0, 0.05) is 6.54 Å². The molecule has 1 aromatic carbocycles. The molecule has 8 heteroatoms. The van der Waals surface area contributed by atoms with Crippen molar-refractivity contribution in [2.24, 2.45) is 0 Å². The van der Waals surface area contributed by atoms with Crippen molar-refractivity contribution in [2.75, 3.05) is 26.4 Å². The molecule has 1 saturated carbocycles. The Bertz CT molecular complexity index is 861. The number of carbonyl (C=O) groups excluding carboxylic acids is 2. The van der Waals surface area contributed by atoms with Crippen LogP contribution in [-0.4, -0.2) is 71.7 Å². The monoisotopic (exact) mass is 460 g/mol. The fourth-order valence-electron chi connectivity index (χ4n) is 5.32. The average molecular weight is 461 g/mol. The highest BCUT2D eigenvalue weighted by Gasteiger charge is 2.53. The quantitative estimate of drug-likeness (QED) is 0.715. The molecule has 1 aromatic rings. The van der Waals surface area contributed by atoms with E-state index in [1.165, 1.54) is 0 Å². The van der Waals surface area contributed by atoms with Crippen LogP contribution < -0.4 is 5.32 Å². The minimum atomic E-state index is -0.654. The molecule has 3 fully saturated rings. The number of phenolic OH excluding ortho intramolecular Hbond substituents is 1. The number of hydrogen-bond donors (Lipinski definition) is 2. The third-order valence-electron chi connectivity index (χ3n) is 6.96. The van der Waals surface area contributed by atoms with Gasteiger partial charge in [0.25, 0.3) is 0 Å². The fourth-order valence-corrected chi connectivity index (χ4v) is 5.32. The maximum absolute atomic E-state index is 12.9. The lowest BCUT2D eigenvalue weighted by Gasteiger charge is -2.41. The summed E-state index contributed by atoms with van der Waals surface area (Å²) in [6.07, 6.45) is 3.93. The molecule has 8 nitrogen and oxygen atoms in total. The Hall–Kier alpha value is -2.32. The minimum Gasteiger partial charge on any atom is -0.508 e. The summed E-state index contributed by atoms with van der Waals surface area (Å²) in [5.41, 5.74) is -0.255. The van der Waals surface area contributed by atoms with Gasteiger partial charge in [-0.2, -0.15) is 0 Å². The minimum absolute atomic E-state index is 0.0398. The largest absolute Gasteiger partial charge is 0.508 e. The maximum Gasteiger partial charge on any atom is 0.410 e. The molecule has 1 spiro atoms. The van der Waals surface area contributed by atoms with E-state index in [9.17, 15) is 14.7 Å². The van der Waals surface area contributed by atoms with Crippen LogP contribution in [0.3, 0.4) is 0 Å². The van der Waals surface area contributed by atoms with Crippen LogP contribution in [0.25, 0.3) is 0 Å². The first-order chi connectivity index (χ1) is 15.7. The van der Waals surface area contributed by atoms with Crippen LogP contribution in [0, 0.1) is 0 Å². The number of aromatic hydroxyl groups is 1. The second kappa shape index (κ2) is 9.50. The summed E-state index contributed by atoms with van der Waals surface area (Å²) in [5, 5.41) is 13.3. The second-order valence-corrected chi connectivity index (χ2v) is 10.5. The van der Waals surface area contributed by atoms with Crippen molar-refractivity contribution < 1.29 is 28.9 Å². The molecule has 2 atom stereocenters. The third-order valence-corrected chi connectivity index (χ3v) is 6.96. The molecule has 4 rings (SSSR count). The molecule has 3 aliphatic rings. The van der Waals surface area contributed by atoms with Gasteiger partial charge in [0.15, 0.2) is 0 Å². The number of carbonyl (C=O) groups is 2. The fraction of sp³-hybridized carbons (Fsp3) is 0.680. The van der Waals surface area contributed by atoms with Gasteiger partial charge in [-0.15, -0.1) is 0 Å². The van der Waals surface area contributed by atoms with Crippen molar-refractivity contribution in [3.05, 3.63) is 29.8 Å². The molecule has 0 aromatic heterocycles. The normalized spacial score (nSPS) is 30.3. The molecule has 2 saturated heterocycles. The standard InChI is InChI=1S/C25H36N2O6/c1-24(2,3)33-23(30)27-13-12-25(16-31-15-22(29)26-25)21(27)14-32-18-10-8-17(9-11-18)19-6-4-5-7-20(19)28/h4-7,17-18,21,28H,8-16H2,1-3H3,(H,26,29). The first kappa shape index (κ1) is 23.8. The number of likely N-dealkylation sites (tertiary alicyclic amines) is 1. The van der Waals surface area contributed by atoms with Gasteiger partial charge in [-0.1, -0.05) is 18.2 Å². The summed E-state index contributed by atoms with van der Waals surface area (Å²) in [6.45, 7) is 6.72. The van der Waals surface area contributed by atoms with Crippen molar-refractivity contribution >= 4 is 12.0 Å². The smallest absolute Gasteiger partial charge is 0.410 e. The van der Waals surface area contributed by atoms with Gasteiger partial charge >= 0.3 is 6.09 Å². The summed E-state index contributed by atoms with van der Waals surface area (Å²) < 4.78 is 17.5. The first-order valence-corrected chi connectivity index (χ1v) is 11.9. The summed E-state index contributed by atoms with van der Waals surface area (Å²) in [4.78, 5) is 26.8. The van der Waals surface area contributed by atoms with Crippen LogP contribution in [0.5, 0.6) is 5.75 Å². The van der Waals surface area contributed by atoms with Crippen LogP contribution in [0.1, 0.15) is 64.4 Å². The van der Waals surface area contributed by atoms with Crippen LogP contribution in [0.2, 0.25) is 0 Å². The predicted molar refractivity (Wildman–Crippen MR) is 122 cm³/mol. The molecule has 2 amide bonds. The Balaban J connectivity index is 1.40. The Kier molecular flexibility index (Phi) is 6.86. The van der Waals surface area contributed by atoms with E-state index in [2.05, 4.69) is 5.32 Å². The van der Waals surface area contributed by atoms with E-state index in [-0.39, 0.29) is 24.7 Å². The Morgan fingerprint density at radius 3 is 2.64 bits per heavy atom. The molecule has 2 aliphatic heterocycles. The lowest BCUT2D eigenvalue weighted by atomic mass is 9.82. The third kappa shape index (κ3) is 5.44. The van der Waals surface area contributed by atoms with Gasteiger partial charge in [-0.3, -0.25) is 4.79 Å². The van der Waals surface area contributed by atoms with E-state index in [1.54, 1.807) is 11.0 Å². The van der Waals surface area contributed by atoms with Crippen LogP contribution >= 0.6 is 0 Å². The summed E-state index contributed by atoms with van der Waals surface area (Å²) in [6, 6.07) is 7.18. The zero-order chi connectivity index (χ0) is 23.6. The lowest BCUT2D eigenvalue weighted by Crippen LogP contribution is -2.65. The second-order valence-electron chi connectivity index (χ2n) is 10.5. The average Bonchev–Trinajstić information content (AvgIpc) is 3.09. The molecular formula is C25H36N2O6. The van der Waals surface area contributed by atoms with Gasteiger partial charge in [-0.05, 0) is 70.4 Å². The number of benzene rings is 1. The topological polar surface area (TPSA) is 97.3 Å². The molecule has 182 valence electrons. The van der Waals surface area contributed by atoms with E-state index in [0.717, 1.165) is 31.2 Å². The molecule has 0 radical (unpaired) electrons. The summed E-state index contributed by atoms with van der Waals surface area (Å²) in [5.74, 6) is 0.518. The molecular weight excluding hydrogens is 424 g/mol. The molecule has 1 aliphatic carbocycles. The van der Waals surface area contributed by atoms with Gasteiger partial charge in [0.1, 0.15) is 18.0 Å². The number of morpholine rings is 1. The highest BCUT2D eigenvalue weighted by Crippen LogP contribution is 2.39. The summed E-state index contributed by atoms with van der Waals surface area (Å²) >= 11 is 0. The van der Waals surface area contributed by atoms with E-state index >= 15 is 0 Å². The number of rotatable bonds is 4. The number of para-hydroxylation sites is 1. The van der Waals surface area contributed by atoms with Crippen molar-refractivity contribution in [1.82, 2.24) is 10.2 Å². The zero-order valence-electron chi connectivity index (χ0n) is 19.8. The highest BCUT2D eigenvalue weighted by molar-refractivity contribution is 5.79. The summed E-state index contributed by atoms with van der Waals surface area (Å²) in [7, 11) is 0. The number of hydrogen-bond acceptors (Lipinski definition) is 6. The van der Waals surface area contributed by atoms with Gasteiger partial charge < -0.3 is 29.5 Å². The predicted octanol–water partition coefficient (Wildman–Crippen LogP) is 3.33. The first-order valence-electron chi connectivity index (χ1n) is 11.9. The lowest BCUT2D eigenvalue weighted by molar-refractivity contribution is -0.137. The van der Waals surface area contributed by atoms with Crippen molar-refractivity contribution in [3.8, 4) is 5.75 Å². The van der Waals surface area contributed by atoms with E-state index in [4.69, 9.17) is 14.2 Å². The van der Waals surface area contributed by atoms with Gasteiger partial charge in [0.05, 0.1) is 30.9 Å². The van der Waals surface area contributed by atoms with Gasteiger partial charge in [-0.25, -0.2) is 4.79 Å². The number of nitrogens with one attached hydrogen (secondary N) is 1. The van der Waals surface area contributed by atoms with E-state index < -0.39 is 17.2 Å². The Morgan fingerprint density at radius 2 is 1.97 bits per heavy atom. The Labute approximate surface area is 195 Å². The Morgan fingerprint density at radius 1 is 1.24 bits per heavy atom. The van der Waals surface area contributed by atoms with Crippen molar-refractivity contribution in [2.45, 2.75) is 82.1 Å². The van der Waals surface area contributed by atoms with E-state index in [0.29, 0.717) is 37.8 Å². The van der Waals surface area contributed by atoms with Crippen molar-refractivity contribution in [1.29, 1.82) is 0 Å².